The molecule has 1 amide bonds. The lowest BCUT2D eigenvalue weighted by Gasteiger charge is -2.30. The Morgan fingerprint density at radius 2 is 1.80 bits per heavy atom. The van der Waals surface area contributed by atoms with E-state index in [4.69, 9.17) is 4.74 Å². The minimum absolute atomic E-state index is 0.145. The number of carbonyl (C=O) groups is 2. The first-order valence-electron chi connectivity index (χ1n) is 8.59. The second-order valence-corrected chi connectivity index (χ2v) is 6.64. The molecular formula is C21H23NO3. The number of aryl methyl sites for hydroxylation is 2. The van der Waals surface area contributed by atoms with Gasteiger partial charge in [-0.25, -0.2) is 4.79 Å². The summed E-state index contributed by atoms with van der Waals surface area (Å²) in [6.07, 6.45) is 0.0391. The highest BCUT2D eigenvalue weighted by Gasteiger charge is 2.27. The number of amides is 1. The number of benzene rings is 2. The van der Waals surface area contributed by atoms with Gasteiger partial charge in [-0.2, -0.15) is 0 Å². The summed E-state index contributed by atoms with van der Waals surface area (Å²) in [6, 6.07) is 13.8. The maximum Gasteiger partial charge on any atom is 0.339 e. The fraction of sp³-hybridized carbons (Fsp3) is 0.333. The highest BCUT2D eigenvalue weighted by molar-refractivity contribution is 5.93. The Morgan fingerprint density at radius 1 is 1.08 bits per heavy atom. The van der Waals surface area contributed by atoms with E-state index in [0.29, 0.717) is 18.7 Å². The van der Waals surface area contributed by atoms with Crippen LogP contribution in [0.3, 0.4) is 0 Å². The van der Waals surface area contributed by atoms with Crippen molar-refractivity contribution in [2.24, 2.45) is 0 Å². The van der Waals surface area contributed by atoms with Gasteiger partial charge in [0.25, 0.3) is 5.91 Å². The summed E-state index contributed by atoms with van der Waals surface area (Å²) in [6.45, 7) is 6.66. The highest BCUT2D eigenvalue weighted by atomic mass is 16.5. The molecule has 4 nitrogen and oxygen atoms in total. The minimum Gasteiger partial charge on any atom is -0.449 e. The Kier molecular flexibility index (Phi) is 4.88. The third-order valence-corrected chi connectivity index (χ3v) is 4.69. The van der Waals surface area contributed by atoms with Gasteiger partial charge in [-0.1, -0.05) is 42.0 Å². The van der Waals surface area contributed by atoms with Crippen LogP contribution in [0, 0.1) is 13.8 Å². The molecular weight excluding hydrogens is 314 g/mol. The number of nitrogens with zero attached hydrogens (tertiary/aromatic N) is 1. The van der Waals surface area contributed by atoms with Gasteiger partial charge in [0.15, 0.2) is 6.10 Å². The molecule has 0 saturated heterocycles. The Bertz CT molecular complexity index is 813. The summed E-state index contributed by atoms with van der Waals surface area (Å²) < 4.78 is 5.45. The smallest absolute Gasteiger partial charge is 0.339 e. The van der Waals surface area contributed by atoms with Crippen molar-refractivity contribution in [2.45, 2.75) is 39.8 Å². The molecule has 0 fully saturated rings. The molecule has 130 valence electrons. The van der Waals surface area contributed by atoms with Crippen LogP contribution >= 0.6 is 0 Å². The molecule has 0 unspecified atom stereocenters. The van der Waals surface area contributed by atoms with Crippen LogP contribution in [0.4, 0.5) is 0 Å². The van der Waals surface area contributed by atoms with Crippen LogP contribution in [0.2, 0.25) is 0 Å². The van der Waals surface area contributed by atoms with Crippen LogP contribution in [0.5, 0.6) is 0 Å². The number of esters is 1. The fourth-order valence-corrected chi connectivity index (χ4v) is 3.17. The van der Waals surface area contributed by atoms with Crippen molar-refractivity contribution in [3.8, 4) is 0 Å². The monoisotopic (exact) mass is 337 g/mol. The molecule has 1 heterocycles. The van der Waals surface area contributed by atoms with Gasteiger partial charge in [0.2, 0.25) is 0 Å². The van der Waals surface area contributed by atoms with Gasteiger partial charge >= 0.3 is 5.97 Å². The molecule has 0 aliphatic carbocycles. The van der Waals surface area contributed by atoms with E-state index in [2.05, 4.69) is 6.07 Å². The summed E-state index contributed by atoms with van der Waals surface area (Å²) in [5, 5.41) is 0. The number of carbonyl (C=O) groups excluding carboxylic acids is 2. The summed E-state index contributed by atoms with van der Waals surface area (Å²) in [5.41, 5.74) is 4.80. The average Bonchev–Trinajstić information content (AvgIpc) is 2.62. The molecule has 1 aliphatic rings. The first-order valence-corrected chi connectivity index (χ1v) is 8.59. The van der Waals surface area contributed by atoms with Gasteiger partial charge in [0, 0.05) is 13.1 Å². The predicted octanol–water partition coefficient (Wildman–Crippen LogP) is 3.43. The van der Waals surface area contributed by atoms with E-state index < -0.39 is 12.1 Å². The summed E-state index contributed by atoms with van der Waals surface area (Å²) in [5.74, 6) is -0.590. The number of fused-ring (bicyclic) bond motifs is 1. The molecule has 0 saturated carbocycles. The summed E-state index contributed by atoms with van der Waals surface area (Å²) >= 11 is 0. The maximum atomic E-state index is 12.7. The second kappa shape index (κ2) is 7.09. The van der Waals surface area contributed by atoms with Crippen molar-refractivity contribution in [1.29, 1.82) is 0 Å². The number of hydrogen-bond donors (Lipinski definition) is 0. The standard InChI is InChI=1S/C21H23NO3/c1-14-8-9-15(2)19(12-14)21(24)25-16(3)20(23)22-11-10-17-6-4-5-7-18(17)13-22/h4-9,12,16H,10-11,13H2,1-3H3/t16-/m1/s1. The van der Waals surface area contributed by atoms with Crippen molar-refractivity contribution >= 4 is 11.9 Å². The lowest BCUT2D eigenvalue weighted by atomic mass is 9.99. The molecule has 3 rings (SSSR count). The Labute approximate surface area is 148 Å². The van der Waals surface area contributed by atoms with E-state index in [-0.39, 0.29) is 5.91 Å². The van der Waals surface area contributed by atoms with Crippen LogP contribution in [-0.2, 0) is 22.5 Å². The van der Waals surface area contributed by atoms with Crippen LogP contribution < -0.4 is 0 Å². The van der Waals surface area contributed by atoms with E-state index in [1.165, 1.54) is 5.56 Å². The third kappa shape index (κ3) is 3.73. The van der Waals surface area contributed by atoms with Gasteiger partial charge < -0.3 is 9.64 Å². The average molecular weight is 337 g/mol. The fourth-order valence-electron chi connectivity index (χ4n) is 3.17. The van der Waals surface area contributed by atoms with Crippen LogP contribution in [0.15, 0.2) is 42.5 Å². The molecule has 0 spiro atoms. The normalized spacial score (nSPS) is 14.6. The van der Waals surface area contributed by atoms with E-state index in [0.717, 1.165) is 23.1 Å². The summed E-state index contributed by atoms with van der Waals surface area (Å²) in [7, 11) is 0. The molecule has 2 aromatic carbocycles. The molecule has 4 heteroatoms. The lowest BCUT2D eigenvalue weighted by Crippen LogP contribution is -2.42. The molecule has 1 aliphatic heterocycles. The SMILES string of the molecule is Cc1ccc(C)c(C(=O)O[C@H](C)C(=O)N2CCc3ccccc3C2)c1. The third-order valence-electron chi connectivity index (χ3n) is 4.69. The molecule has 0 bridgehead atoms. The van der Waals surface area contributed by atoms with E-state index in [1.807, 2.05) is 44.2 Å². The number of rotatable bonds is 3. The van der Waals surface area contributed by atoms with Crippen molar-refractivity contribution in [1.82, 2.24) is 4.90 Å². The van der Waals surface area contributed by atoms with E-state index in [1.54, 1.807) is 17.9 Å². The van der Waals surface area contributed by atoms with Crippen molar-refractivity contribution in [3.63, 3.8) is 0 Å². The van der Waals surface area contributed by atoms with Crippen LogP contribution in [0.1, 0.15) is 39.5 Å². The predicted molar refractivity (Wildman–Crippen MR) is 96.4 cm³/mol. The van der Waals surface area contributed by atoms with Crippen LogP contribution in [-0.4, -0.2) is 29.4 Å². The van der Waals surface area contributed by atoms with Gasteiger partial charge in [0.05, 0.1) is 5.56 Å². The molecule has 0 N–H and O–H groups in total. The van der Waals surface area contributed by atoms with Gasteiger partial charge in [0.1, 0.15) is 0 Å². The molecule has 1 atom stereocenters. The molecule has 25 heavy (non-hydrogen) atoms. The van der Waals surface area contributed by atoms with Gasteiger partial charge in [-0.05, 0) is 49.9 Å². The Hall–Kier alpha value is -2.62. The van der Waals surface area contributed by atoms with E-state index >= 15 is 0 Å². The van der Waals surface area contributed by atoms with Gasteiger partial charge in [-0.15, -0.1) is 0 Å². The van der Waals surface area contributed by atoms with Crippen LogP contribution in [0.25, 0.3) is 0 Å². The zero-order valence-corrected chi connectivity index (χ0v) is 14.9. The van der Waals surface area contributed by atoms with E-state index in [9.17, 15) is 9.59 Å². The molecule has 0 aromatic heterocycles. The maximum absolute atomic E-state index is 12.7. The first-order chi connectivity index (χ1) is 12.0. The quantitative estimate of drug-likeness (QED) is 0.806. The minimum atomic E-state index is -0.794. The zero-order chi connectivity index (χ0) is 18.0. The number of ether oxygens (including phenoxy) is 1. The van der Waals surface area contributed by atoms with Crippen molar-refractivity contribution < 1.29 is 14.3 Å². The molecule has 0 radical (unpaired) electrons. The Morgan fingerprint density at radius 3 is 2.56 bits per heavy atom. The Balaban J connectivity index is 1.67. The lowest BCUT2D eigenvalue weighted by molar-refractivity contribution is -0.140. The van der Waals surface area contributed by atoms with Crippen molar-refractivity contribution in [2.75, 3.05) is 6.54 Å². The van der Waals surface area contributed by atoms with Crippen molar-refractivity contribution in [3.05, 3.63) is 70.3 Å². The first kappa shape index (κ1) is 17.2. The molecule has 2 aromatic rings. The number of hydrogen-bond acceptors (Lipinski definition) is 3. The highest BCUT2D eigenvalue weighted by Crippen LogP contribution is 2.20. The topological polar surface area (TPSA) is 46.6 Å². The zero-order valence-electron chi connectivity index (χ0n) is 14.9. The largest absolute Gasteiger partial charge is 0.449 e. The summed E-state index contributed by atoms with van der Waals surface area (Å²) in [4.78, 5) is 26.9. The van der Waals surface area contributed by atoms with Gasteiger partial charge in [-0.3, -0.25) is 4.79 Å². The second-order valence-electron chi connectivity index (χ2n) is 6.64.